The van der Waals surface area contributed by atoms with E-state index < -0.39 is 0 Å². The fraction of sp³-hybridized carbons (Fsp3) is 0.143. The summed E-state index contributed by atoms with van der Waals surface area (Å²) in [4.78, 5) is 4.45. The molecule has 7 heteroatoms. The summed E-state index contributed by atoms with van der Waals surface area (Å²) in [6.45, 7) is 2.45. The van der Waals surface area contributed by atoms with Gasteiger partial charge in [-0.1, -0.05) is 12.1 Å². The molecule has 0 saturated heterocycles. The van der Waals surface area contributed by atoms with Crippen LogP contribution in [0.1, 0.15) is 11.3 Å². The number of nitrogens with two attached hydrogens (primary N) is 1. The third kappa shape index (κ3) is 3.03. The van der Waals surface area contributed by atoms with Crippen molar-refractivity contribution >= 4 is 33.7 Å². The van der Waals surface area contributed by atoms with E-state index in [1.54, 1.807) is 6.07 Å². The molecule has 108 valence electrons. The van der Waals surface area contributed by atoms with Gasteiger partial charge in [-0.3, -0.25) is 0 Å². The summed E-state index contributed by atoms with van der Waals surface area (Å²) in [7, 11) is 0. The number of nitrogen functional groups attached to an aromatic ring is 1. The van der Waals surface area contributed by atoms with E-state index in [0.717, 1.165) is 26.8 Å². The van der Waals surface area contributed by atoms with E-state index >= 15 is 0 Å². The SMILES string of the molecule is Cc1csc(-c2c(N)nsc2NCc2cccc(F)c2)n1. The highest BCUT2D eigenvalue weighted by Crippen LogP contribution is 2.38. The molecule has 0 aliphatic carbocycles. The Bertz CT molecular complexity index is 766. The van der Waals surface area contributed by atoms with Gasteiger partial charge in [-0.15, -0.1) is 11.3 Å². The second-order valence-electron chi connectivity index (χ2n) is 4.55. The number of thiazole rings is 1. The van der Waals surface area contributed by atoms with E-state index in [-0.39, 0.29) is 5.82 Å². The van der Waals surface area contributed by atoms with Crippen LogP contribution in [0.4, 0.5) is 15.2 Å². The zero-order valence-corrected chi connectivity index (χ0v) is 12.9. The first-order chi connectivity index (χ1) is 10.1. The number of nitrogens with one attached hydrogen (secondary N) is 1. The minimum Gasteiger partial charge on any atom is -0.382 e. The Morgan fingerprint density at radius 2 is 2.24 bits per heavy atom. The summed E-state index contributed by atoms with van der Waals surface area (Å²) in [6, 6.07) is 6.49. The molecule has 0 spiro atoms. The third-order valence-corrected chi connectivity index (χ3v) is 4.69. The molecule has 4 nitrogen and oxygen atoms in total. The van der Waals surface area contributed by atoms with Gasteiger partial charge in [0.05, 0.1) is 5.56 Å². The zero-order chi connectivity index (χ0) is 14.8. The minimum absolute atomic E-state index is 0.242. The first kappa shape index (κ1) is 14.0. The first-order valence-corrected chi connectivity index (χ1v) is 7.95. The largest absolute Gasteiger partial charge is 0.382 e. The van der Waals surface area contributed by atoms with Crippen molar-refractivity contribution in [1.29, 1.82) is 0 Å². The van der Waals surface area contributed by atoms with E-state index in [0.29, 0.717) is 12.4 Å². The quantitative estimate of drug-likeness (QED) is 0.765. The van der Waals surface area contributed by atoms with Crippen LogP contribution in [0.5, 0.6) is 0 Å². The number of hydrogen-bond donors (Lipinski definition) is 2. The van der Waals surface area contributed by atoms with Crippen molar-refractivity contribution < 1.29 is 4.39 Å². The molecule has 0 amide bonds. The molecular weight excluding hydrogens is 307 g/mol. The van der Waals surface area contributed by atoms with Gasteiger partial charge >= 0.3 is 0 Å². The lowest BCUT2D eigenvalue weighted by Gasteiger charge is -2.06. The maximum Gasteiger partial charge on any atom is 0.149 e. The molecule has 0 radical (unpaired) electrons. The Hall–Kier alpha value is -1.99. The van der Waals surface area contributed by atoms with Crippen LogP contribution in [0.15, 0.2) is 29.6 Å². The monoisotopic (exact) mass is 320 g/mol. The Balaban J connectivity index is 1.83. The number of nitrogens with zero attached hydrogens (tertiary/aromatic N) is 2. The standard InChI is InChI=1S/C14H13FN4S2/c1-8-7-20-14(18-8)11-12(16)19-21-13(11)17-6-9-3-2-4-10(15)5-9/h2-5,7,17H,6H2,1H3,(H2,16,19). The minimum atomic E-state index is -0.242. The highest BCUT2D eigenvalue weighted by atomic mass is 32.1. The molecule has 0 aliphatic heterocycles. The first-order valence-electron chi connectivity index (χ1n) is 6.29. The molecule has 1 aromatic carbocycles. The molecule has 2 aromatic heterocycles. The van der Waals surface area contributed by atoms with Crippen molar-refractivity contribution in [2.75, 3.05) is 11.1 Å². The molecule has 0 saturated carbocycles. The van der Waals surface area contributed by atoms with Crippen LogP contribution >= 0.6 is 22.9 Å². The summed E-state index contributed by atoms with van der Waals surface area (Å²) in [6.07, 6.45) is 0. The van der Waals surface area contributed by atoms with Crippen LogP contribution in [0.3, 0.4) is 0 Å². The van der Waals surface area contributed by atoms with Crippen LogP contribution in [-0.2, 0) is 6.54 Å². The Morgan fingerprint density at radius 1 is 1.38 bits per heavy atom. The molecule has 3 N–H and O–H groups in total. The van der Waals surface area contributed by atoms with Gasteiger partial charge in [-0.25, -0.2) is 9.37 Å². The van der Waals surface area contributed by atoms with E-state index in [2.05, 4.69) is 14.7 Å². The van der Waals surface area contributed by atoms with Gasteiger partial charge in [0.25, 0.3) is 0 Å². The van der Waals surface area contributed by atoms with Crippen molar-refractivity contribution in [1.82, 2.24) is 9.36 Å². The average molecular weight is 320 g/mol. The van der Waals surface area contributed by atoms with Crippen LogP contribution in [-0.4, -0.2) is 9.36 Å². The summed E-state index contributed by atoms with van der Waals surface area (Å²) in [5, 5.41) is 6.94. The van der Waals surface area contributed by atoms with Gasteiger partial charge in [-0.05, 0) is 36.2 Å². The molecule has 0 bridgehead atoms. The normalized spacial score (nSPS) is 10.8. The number of benzene rings is 1. The number of rotatable bonds is 4. The fourth-order valence-corrected chi connectivity index (χ4v) is 3.56. The topological polar surface area (TPSA) is 63.8 Å². The number of halogens is 1. The van der Waals surface area contributed by atoms with Gasteiger partial charge in [0.2, 0.25) is 0 Å². The van der Waals surface area contributed by atoms with E-state index in [1.165, 1.54) is 35.0 Å². The lowest BCUT2D eigenvalue weighted by Crippen LogP contribution is -1.99. The summed E-state index contributed by atoms with van der Waals surface area (Å²) in [5.74, 6) is 0.227. The maximum atomic E-state index is 13.2. The van der Waals surface area contributed by atoms with Crippen LogP contribution in [0.2, 0.25) is 0 Å². The van der Waals surface area contributed by atoms with Crippen molar-refractivity contribution in [2.45, 2.75) is 13.5 Å². The molecule has 2 heterocycles. The predicted molar refractivity (Wildman–Crippen MR) is 86.1 cm³/mol. The van der Waals surface area contributed by atoms with Crippen LogP contribution in [0, 0.1) is 12.7 Å². The van der Waals surface area contributed by atoms with Gasteiger partial charge in [0.15, 0.2) is 0 Å². The van der Waals surface area contributed by atoms with Crippen LogP contribution in [0.25, 0.3) is 10.6 Å². The molecule has 0 aliphatic rings. The van der Waals surface area contributed by atoms with Crippen molar-refractivity contribution in [3.8, 4) is 10.6 Å². The molecule has 21 heavy (non-hydrogen) atoms. The molecule has 3 rings (SSSR count). The number of anilines is 2. The molecule has 0 fully saturated rings. The molecule has 3 aromatic rings. The second kappa shape index (κ2) is 5.79. The number of aryl methyl sites for hydroxylation is 1. The Labute approximate surface area is 129 Å². The predicted octanol–water partition coefficient (Wildman–Crippen LogP) is 3.91. The Kier molecular flexibility index (Phi) is 3.85. The van der Waals surface area contributed by atoms with E-state index in [4.69, 9.17) is 5.73 Å². The highest BCUT2D eigenvalue weighted by molar-refractivity contribution is 7.15. The fourth-order valence-electron chi connectivity index (χ4n) is 1.93. The van der Waals surface area contributed by atoms with Crippen LogP contribution < -0.4 is 11.1 Å². The lowest BCUT2D eigenvalue weighted by atomic mass is 10.2. The van der Waals surface area contributed by atoms with Gasteiger partial charge in [-0.2, -0.15) is 4.37 Å². The van der Waals surface area contributed by atoms with Crippen molar-refractivity contribution in [3.05, 3.63) is 46.7 Å². The summed E-state index contributed by atoms with van der Waals surface area (Å²) < 4.78 is 17.4. The highest BCUT2D eigenvalue weighted by Gasteiger charge is 2.16. The molecule has 0 atom stereocenters. The van der Waals surface area contributed by atoms with E-state index in [9.17, 15) is 4.39 Å². The smallest absolute Gasteiger partial charge is 0.149 e. The van der Waals surface area contributed by atoms with Crippen molar-refractivity contribution in [3.63, 3.8) is 0 Å². The van der Waals surface area contributed by atoms with Gasteiger partial charge in [0.1, 0.15) is 21.6 Å². The third-order valence-electron chi connectivity index (χ3n) is 2.89. The van der Waals surface area contributed by atoms with Gasteiger partial charge < -0.3 is 11.1 Å². The molecule has 0 unspecified atom stereocenters. The van der Waals surface area contributed by atoms with E-state index in [1.807, 2.05) is 18.4 Å². The average Bonchev–Trinajstić information content (AvgIpc) is 3.02. The van der Waals surface area contributed by atoms with Crippen molar-refractivity contribution in [2.24, 2.45) is 0 Å². The summed E-state index contributed by atoms with van der Waals surface area (Å²) >= 11 is 2.83. The Morgan fingerprint density at radius 3 is 2.95 bits per heavy atom. The maximum absolute atomic E-state index is 13.2. The number of aromatic nitrogens is 2. The zero-order valence-electron chi connectivity index (χ0n) is 11.3. The molecular formula is C14H13FN4S2. The lowest BCUT2D eigenvalue weighted by molar-refractivity contribution is 0.626. The summed E-state index contributed by atoms with van der Waals surface area (Å²) in [5.41, 5.74) is 8.59. The second-order valence-corrected chi connectivity index (χ2v) is 6.18. The number of hydrogen-bond acceptors (Lipinski definition) is 6. The van der Waals surface area contributed by atoms with Gasteiger partial charge in [0, 0.05) is 17.6 Å².